The van der Waals surface area contributed by atoms with Gasteiger partial charge in [-0.1, -0.05) is 25.7 Å². The molecule has 2 aliphatic heterocycles. The van der Waals surface area contributed by atoms with Crippen LogP contribution in [-0.2, 0) is 6.42 Å². The van der Waals surface area contributed by atoms with Gasteiger partial charge in [0.15, 0.2) is 11.5 Å². The van der Waals surface area contributed by atoms with Crippen LogP contribution in [0.15, 0.2) is 6.07 Å². The molecule has 25 heavy (non-hydrogen) atoms. The first-order valence-corrected chi connectivity index (χ1v) is 8.77. The molecular formula is C20H27NO4. The molecule has 136 valence electrons. The lowest BCUT2D eigenvalue weighted by atomic mass is 9.89. The zero-order chi connectivity index (χ0) is 18.2. The van der Waals surface area contributed by atoms with Crippen molar-refractivity contribution in [3.05, 3.63) is 17.2 Å². The van der Waals surface area contributed by atoms with Crippen LogP contribution in [0.4, 0.5) is 0 Å². The summed E-state index contributed by atoms with van der Waals surface area (Å²) in [6, 6.07) is 1.89. The van der Waals surface area contributed by atoms with Crippen LogP contribution in [0.2, 0.25) is 0 Å². The Morgan fingerprint density at radius 3 is 2.88 bits per heavy atom. The summed E-state index contributed by atoms with van der Waals surface area (Å²) in [5, 5.41) is 10.6. The number of aliphatic hydroxyl groups is 1. The lowest BCUT2D eigenvalue weighted by molar-refractivity contribution is 0.0971. The van der Waals surface area contributed by atoms with E-state index in [9.17, 15) is 5.11 Å². The fourth-order valence-electron chi connectivity index (χ4n) is 3.69. The number of benzene rings is 1. The van der Waals surface area contributed by atoms with Gasteiger partial charge in [-0.05, 0) is 44.4 Å². The molecule has 0 fully saturated rings. The second-order valence-electron chi connectivity index (χ2n) is 7.49. The molecule has 0 aliphatic carbocycles. The minimum atomic E-state index is -1.00. The second kappa shape index (κ2) is 6.78. The van der Waals surface area contributed by atoms with Crippen LogP contribution < -0.4 is 14.2 Å². The van der Waals surface area contributed by atoms with Gasteiger partial charge in [0.25, 0.3) is 0 Å². The van der Waals surface area contributed by atoms with Crippen molar-refractivity contribution in [1.29, 1.82) is 0 Å². The predicted octanol–water partition coefficient (Wildman–Crippen LogP) is 2.75. The largest absolute Gasteiger partial charge is 0.492 e. The maximum atomic E-state index is 10.6. The third-order valence-electron chi connectivity index (χ3n) is 4.68. The average Bonchev–Trinajstić information content (AvgIpc) is 2.98. The minimum absolute atomic E-state index is 0.146. The topological polar surface area (TPSA) is 51.2 Å². The van der Waals surface area contributed by atoms with E-state index < -0.39 is 5.60 Å². The van der Waals surface area contributed by atoms with E-state index >= 15 is 0 Å². The number of likely N-dealkylation sites (N-methyl/N-ethyl adjacent to an activating group) is 1. The summed E-state index contributed by atoms with van der Waals surface area (Å²) in [5.41, 5.74) is 1.19. The molecule has 2 atom stereocenters. The lowest BCUT2D eigenvalue weighted by Crippen LogP contribution is -2.32. The number of methoxy groups -OCH3 is 1. The maximum absolute atomic E-state index is 10.6. The molecule has 0 saturated carbocycles. The molecular weight excluding hydrogens is 318 g/mol. The fourth-order valence-corrected chi connectivity index (χ4v) is 3.69. The van der Waals surface area contributed by atoms with Gasteiger partial charge in [-0.15, -0.1) is 0 Å². The summed E-state index contributed by atoms with van der Waals surface area (Å²) >= 11 is 0. The zero-order valence-corrected chi connectivity index (χ0v) is 15.7. The summed E-state index contributed by atoms with van der Waals surface area (Å²) in [6.45, 7) is 7.05. The van der Waals surface area contributed by atoms with E-state index in [1.54, 1.807) is 14.0 Å². The molecule has 5 nitrogen and oxygen atoms in total. The molecule has 2 aliphatic rings. The molecule has 0 unspecified atom stereocenters. The van der Waals surface area contributed by atoms with Gasteiger partial charge in [-0.3, -0.25) is 4.90 Å². The van der Waals surface area contributed by atoms with Crippen molar-refractivity contribution in [3.63, 3.8) is 0 Å². The standard InChI is InChI=1S/C20H27NO4/c1-13(2)11-20(3,22)8-6-15-17-14(7-9-21(15)4)10-16-18(19(17)23-5)25-12-24-16/h10,13,15,22H,7,9,11-12H2,1-5H3/t15-,20+/m1/s1. The van der Waals surface area contributed by atoms with Crippen LogP contribution >= 0.6 is 0 Å². The normalized spacial score (nSPS) is 21.3. The second-order valence-corrected chi connectivity index (χ2v) is 7.49. The quantitative estimate of drug-likeness (QED) is 0.854. The Hall–Kier alpha value is -1.90. The zero-order valence-electron chi connectivity index (χ0n) is 15.7. The van der Waals surface area contributed by atoms with Crippen molar-refractivity contribution >= 4 is 0 Å². The Morgan fingerprint density at radius 1 is 1.44 bits per heavy atom. The molecule has 0 aromatic heterocycles. The minimum Gasteiger partial charge on any atom is -0.492 e. The summed E-state index contributed by atoms with van der Waals surface area (Å²) in [6.07, 6.45) is 1.54. The predicted molar refractivity (Wildman–Crippen MR) is 96.0 cm³/mol. The van der Waals surface area contributed by atoms with Gasteiger partial charge >= 0.3 is 0 Å². The Labute approximate surface area is 149 Å². The van der Waals surface area contributed by atoms with Crippen LogP contribution in [0.25, 0.3) is 0 Å². The van der Waals surface area contributed by atoms with Crippen molar-refractivity contribution in [2.45, 2.75) is 45.3 Å². The van der Waals surface area contributed by atoms with Crippen LogP contribution in [0, 0.1) is 17.8 Å². The summed E-state index contributed by atoms with van der Waals surface area (Å²) < 4.78 is 16.8. The molecule has 0 bridgehead atoms. The highest BCUT2D eigenvalue weighted by molar-refractivity contribution is 5.63. The van der Waals surface area contributed by atoms with Crippen LogP contribution in [0.3, 0.4) is 0 Å². The lowest BCUT2D eigenvalue weighted by Gasteiger charge is -2.33. The van der Waals surface area contributed by atoms with Crippen LogP contribution in [0.1, 0.15) is 44.4 Å². The number of hydrogen-bond acceptors (Lipinski definition) is 5. The van der Waals surface area contributed by atoms with Gasteiger partial charge in [0.2, 0.25) is 12.5 Å². The summed E-state index contributed by atoms with van der Waals surface area (Å²) in [4.78, 5) is 2.19. The van der Waals surface area contributed by atoms with Gasteiger partial charge in [-0.2, -0.15) is 0 Å². The van der Waals surface area contributed by atoms with E-state index in [0.29, 0.717) is 23.8 Å². The third kappa shape index (κ3) is 3.56. The first kappa shape index (κ1) is 17.9. The van der Waals surface area contributed by atoms with Crippen molar-refractivity contribution in [1.82, 2.24) is 4.90 Å². The molecule has 2 heterocycles. The van der Waals surface area contributed by atoms with Gasteiger partial charge in [-0.25, -0.2) is 0 Å². The summed E-state index contributed by atoms with van der Waals surface area (Å²) in [5.74, 6) is 8.83. The number of nitrogens with zero attached hydrogens (tertiary/aromatic N) is 1. The first-order chi connectivity index (χ1) is 11.8. The first-order valence-electron chi connectivity index (χ1n) is 8.77. The van der Waals surface area contributed by atoms with Crippen molar-refractivity contribution in [3.8, 4) is 29.1 Å². The number of ether oxygens (including phenoxy) is 3. The molecule has 0 saturated heterocycles. The molecule has 3 rings (SSSR count). The fraction of sp³-hybridized carbons (Fsp3) is 0.600. The third-order valence-corrected chi connectivity index (χ3v) is 4.68. The summed E-state index contributed by atoms with van der Waals surface area (Å²) in [7, 11) is 3.69. The molecule has 1 aromatic rings. The number of fused-ring (bicyclic) bond motifs is 2. The Bertz CT molecular complexity index is 715. The highest BCUT2D eigenvalue weighted by Crippen LogP contribution is 2.49. The molecule has 0 radical (unpaired) electrons. The van der Waals surface area contributed by atoms with Gasteiger partial charge in [0.1, 0.15) is 11.6 Å². The Balaban J connectivity index is 2.03. The van der Waals surface area contributed by atoms with E-state index in [2.05, 4.69) is 30.6 Å². The van der Waals surface area contributed by atoms with E-state index in [1.165, 1.54) is 5.56 Å². The number of rotatable bonds is 3. The maximum Gasteiger partial charge on any atom is 0.231 e. The highest BCUT2D eigenvalue weighted by atomic mass is 16.7. The SMILES string of the molecule is COc1c2c(cc3c1[C@@H](C#C[C@](C)(O)CC(C)C)N(C)CC3)OCO2. The van der Waals surface area contributed by atoms with Crippen molar-refractivity contribution in [2.24, 2.45) is 5.92 Å². The van der Waals surface area contributed by atoms with E-state index in [1.807, 2.05) is 13.1 Å². The van der Waals surface area contributed by atoms with Gasteiger partial charge < -0.3 is 19.3 Å². The van der Waals surface area contributed by atoms with Gasteiger partial charge in [0.05, 0.1) is 7.11 Å². The Kier molecular flexibility index (Phi) is 4.86. The van der Waals surface area contributed by atoms with Gasteiger partial charge in [0, 0.05) is 12.1 Å². The van der Waals surface area contributed by atoms with Crippen LogP contribution in [0.5, 0.6) is 17.2 Å². The molecule has 0 amide bonds. The van der Waals surface area contributed by atoms with Crippen molar-refractivity contribution < 1.29 is 19.3 Å². The monoisotopic (exact) mass is 345 g/mol. The van der Waals surface area contributed by atoms with E-state index in [0.717, 1.165) is 24.3 Å². The molecule has 5 heteroatoms. The van der Waals surface area contributed by atoms with E-state index in [-0.39, 0.29) is 12.8 Å². The highest BCUT2D eigenvalue weighted by Gasteiger charge is 2.33. The smallest absolute Gasteiger partial charge is 0.231 e. The van der Waals surface area contributed by atoms with Crippen LogP contribution in [-0.4, -0.2) is 43.1 Å². The Morgan fingerprint density at radius 2 is 2.20 bits per heavy atom. The molecule has 1 aromatic carbocycles. The van der Waals surface area contributed by atoms with Crippen molar-refractivity contribution in [2.75, 3.05) is 27.5 Å². The molecule has 1 N–H and O–H groups in total. The van der Waals surface area contributed by atoms with E-state index in [4.69, 9.17) is 14.2 Å². The molecule has 0 spiro atoms. The average molecular weight is 345 g/mol. The number of hydrogen-bond donors (Lipinski definition) is 1.